The Hall–Kier alpha value is -4.81. The van der Waals surface area contributed by atoms with E-state index in [0.29, 0.717) is 56.5 Å². The van der Waals surface area contributed by atoms with Crippen molar-refractivity contribution in [3.8, 4) is 17.2 Å². The minimum absolute atomic E-state index is 0.166. The van der Waals surface area contributed by atoms with E-state index in [1.54, 1.807) is 73.7 Å². The molecule has 0 aliphatic carbocycles. The van der Waals surface area contributed by atoms with Crippen molar-refractivity contribution in [2.24, 2.45) is 0 Å². The number of fused-ring (bicyclic) bond motifs is 1. The first-order chi connectivity index (χ1) is 19.4. The first kappa shape index (κ1) is 26.8. The van der Waals surface area contributed by atoms with Gasteiger partial charge in [0.25, 0.3) is 0 Å². The van der Waals surface area contributed by atoms with Crippen LogP contribution in [0.25, 0.3) is 17.0 Å². The van der Waals surface area contributed by atoms with Gasteiger partial charge in [-0.2, -0.15) is 0 Å². The van der Waals surface area contributed by atoms with Crippen molar-refractivity contribution in [2.75, 3.05) is 7.11 Å². The Labute approximate surface area is 236 Å². The minimum Gasteiger partial charge on any atom is -0.493 e. The Balaban J connectivity index is 1.33. The monoisotopic (exact) mass is 552 g/mol. The number of ether oxygens (including phenoxy) is 3. The van der Waals surface area contributed by atoms with Gasteiger partial charge in [0, 0.05) is 16.0 Å². The van der Waals surface area contributed by atoms with Crippen LogP contribution in [0.4, 0.5) is 0 Å². The number of allylic oxidation sites excluding steroid dienone is 1. The molecule has 0 spiro atoms. The van der Waals surface area contributed by atoms with E-state index in [2.05, 4.69) is 0 Å². The number of furan rings is 1. The third kappa shape index (κ3) is 6.08. The second-order valence-corrected chi connectivity index (χ2v) is 9.41. The highest BCUT2D eigenvalue weighted by Crippen LogP contribution is 2.33. The number of carbonyl (C=O) groups excluding carboxylic acids is 2. The average Bonchev–Trinajstić information content (AvgIpc) is 3.31. The zero-order valence-electron chi connectivity index (χ0n) is 21.8. The van der Waals surface area contributed by atoms with Gasteiger partial charge in [-0.15, -0.1) is 0 Å². The SMILES string of the molecule is COc1cc(/C=C/C(=O)c2ccc(Cl)cc2)ccc1OC(=O)c1c(C)oc2ccc(OCc3ccccc3)cc12. The Kier molecular flexibility index (Phi) is 7.99. The van der Waals surface area contributed by atoms with Crippen LogP contribution in [-0.2, 0) is 6.61 Å². The molecule has 40 heavy (non-hydrogen) atoms. The summed E-state index contributed by atoms with van der Waals surface area (Å²) in [5.41, 5.74) is 3.11. The van der Waals surface area contributed by atoms with Crippen LogP contribution in [0.2, 0.25) is 5.02 Å². The summed E-state index contributed by atoms with van der Waals surface area (Å²) in [6.07, 6.45) is 3.12. The van der Waals surface area contributed by atoms with Crippen LogP contribution in [0, 0.1) is 6.92 Å². The minimum atomic E-state index is -0.587. The Morgan fingerprint density at radius 1 is 0.900 bits per heavy atom. The second-order valence-electron chi connectivity index (χ2n) is 8.97. The number of ketones is 1. The maximum Gasteiger partial charge on any atom is 0.347 e. The Morgan fingerprint density at radius 2 is 1.68 bits per heavy atom. The molecule has 0 unspecified atom stereocenters. The van der Waals surface area contributed by atoms with Crippen LogP contribution in [-0.4, -0.2) is 18.9 Å². The lowest BCUT2D eigenvalue weighted by Crippen LogP contribution is -2.10. The van der Waals surface area contributed by atoms with Gasteiger partial charge in [-0.3, -0.25) is 4.79 Å². The predicted octanol–water partition coefficient (Wildman–Crippen LogP) is 8.10. The molecule has 0 fully saturated rings. The van der Waals surface area contributed by atoms with Crippen molar-refractivity contribution in [3.05, 3.63) is 130 Å². The third-order valence-electron chi connectivity index (χ3n) is 6.23. The summed E-state index contributed by atoms with van der Waals surface area (Å²) in [5, 5.41) is 1.15. The first-order valence-electron chi connectivity index (χ1n) is 12.5. The summed E-state index contributed by atoms with van der Waals surface area (Å²) >= 11 is 5.89. The van der Waals surface area contributed by atoms with Gasteiger partial charge in [-0.1, -0.05) is 54.1 Å². The third-order valence-corrected chi connectivity index (χ3v) is 6.49. The van der Waals surface area contributed by atoms with Crippen LogP contribution in [0.5, 0.6) is 17.2 Å². The van der Waals surface area contributed by atoms with E-state index in [1.165, 1.54) is 13.2 Å². The van der Waals surface area contributed by atoms with Crippen LogP contribution in [0.15, 0.2) is 101 Å². The summed E-state index contributed by atoms with van der Waals surface area (Å²) < 4.78 is 22.9. The highest BCUT2D eigenvalue weighted by atomic mass is 35.5. The lowest BCUT2D eigenvalue weighted by molar-refractivity contribution is 0.0729. The second kappa shape index (κ2) is 11.9. The lowest BCUT2D eigenvalue weighted by Gasteiger charge is -2.10. The predicted molar refractivity (Wildman–Crippen MR) is 154 cm³/mol. The molecule has 5 aromatic rings. The average molecular weight is 553 g/mol. The zero-order chi connectivity index (χ0) is 28.1. The van der Waals surface area contributed by atoms with E-state index in [1.807, 2.05) is 30.3 Å². The lowest BCUT2D eigenvalue weighted by atomic mass is 10.1. The standard InChI is InChI=1S/C33H25ClO6/c1-21-32(27-19-26(14-17-29(27)39-21)38-20-23-6-4-3-5-7-23)33(36)40-30-16-9-22(18-31(30)37-2)8-15-28(35)24-10-12-25(34)13-11-24/h3-19H,20H2,1-2H3/b15-8+. The van der Waals surface area contributed by atoms with E-state index in [0.717, 1.165) is 5.56 Å². The number of methoxy groups -OCH3 is 1. The molecule has 7 heteroatoms. The highest BCUT2D eigenvalue weighted by molar-refractivity contribution is 6.30. The molecule has 200 valence electrons. The molecule has 0 bridgehead atoms. The van der Waals surface area contributed by atoms with Gasteiger partial charge in [0.1, 0.15) is 29.3 Å². The number of benzene rings is 4. The molecule has 0 saturated carbocycles. The number of aryl methyl sites for hydroxylation is 1. The quantitative estimate of drug-likeness (QED) is 0.0796. The molecule has 4 aromatic carbocycles. The van der Waals surface area contributed by atoms with E-state index in [-0.39, 0.29) is 11.5 Å². The number of hydrogen-bond acceptors (Lipinski definition) is 6. The van der Waals surface area contributed by atoms with E-state index < -0.39 is 5.97 Å². The smallest absolute Gasteiger partial charge is 0.347 e. The normalized spacial score (nSPS) is 11.1. The summed E-state index contributed by atoms with van der Waals surface area (Å²) in [4.78, 5) is 25.8. The fraction of sp³-hybridized carbons (Fsp3) is 0.0909. The van der Waals surface area contributed by atoms with Crippen LogP contribution < -0.4 is 14.2 Å². The van der Waals surface area contributed by atoms with Gasteiger partial charge >= 0.3 is 5.97 Å². The number of carbonyl (C=O) groups is 2. The van der Waals surface area contributed by atoms with E-state index >= 15 is 0 Å². The zero-order valence-corrected chi connectivity index (χ0v) is 22.6. The molecule has 0 N–H and O–H groups in total. The molecule has 0 radical (unpaired) electrons. The van der Waals surface area contributed by atoms with Gasteiger partial charge < -0.3 is 18.6 Å². The number of hydrogen-bond donors (Lipinski definition) is 0. The molecule has 0 aliphatic heterocycles. The molecule has 0 amide bonds. The van der Waals surface area contributed by atoms with Gasteiger partial charge in [-0.05, 0) is 78.7 Å². The maximum absolute atomic E-state index is 13.3. The summed E-state index contributed by atoms with van der Waals surface area (Å²) in [6, 6.07) is 26.9. The molecule has 0 atom stereocenters. The Morgan fingerprint density at radius 3 is 2.42 bits per heavy atom. The molecule has 0 saturated heterocycles. The van der Waals surface area contributed by atoms with Crippen molar-refractivity contribution >= 4 is 40.4 Å². The van der Waals surface area contributed by atoms with Gasteiger partial charge in [-0.25, -0.2) is 4.79 Å². The van der Waals surface area contributed by atoms with Crippen molar-refractivity contribution in [2.45, 2.75) is 13.5 Å². The number of rotatable bonds is 9. The molecular formula is C33H25ClO6. The fourth-order valence-corrected chi connectivity index (χ4v) is 4.31. The first-order valence-corrected chi connectivity index (χ1v) is 12.9. The molecule has 0 aliphatic rings. The van der Waals surface area contributed by atoms with Crippen molar-refractivity contribution < 1.29 is 28.2 Å². The van der Waals surface area contributed by atoms with E-state index in [4.69, 9.17) is 30.2 Å². The molecule has 1 heterocycles. The Bertz CT molecular complexity index is 1700. The van der Waals surface area contributed by atoms with Crippen molar-refractivity contribution in [1.29, 1.82) is 0 Å². The van der Waals surface area contributed by atoms with Crippen LogP contribution >= 0.6 is 11.6 Å². The fourth-order valence-electron chi connectivity index (χ4n) is 4.19. The van der Waals surface area contributed by atoms with Gasteiger partial charge in [0.2, 0.25) is 0 Å². The largest absolute Gasteiger partial charge is 0.493 e. The molecule has 1 aromatic heterocycles. The van der Waals surface area contributed by atoms with Gasteiger partial charge in [0.15, 0.2) is 17.3 Å². The molecular weight excluding hydrogens is 528 g/mol. The number of esters is 1. The highest BCUT2D eigenvalue weighted by Gasteiger charge is 2.22. The van der Waals surface area contributed by atoms with Crippen molar-refractivity contribution in [1.82, 2.24) is 0 Å². The summed E-state index contributed by atoms with van der Waals surface area (Å²) in [7, 11) is 1.48. The van der Waals surface area contributed by atoms with Gasteiger partial charge in [0.05, 0.1) is 7.11 Å². The van der Waals surface area contributed by atoms with E-state index in [9.17, 15) is 9.59 Å². The van der Waals surface area contributed by atoms with Crippen LogP contribution in [0.1, 0.15) is 37.6 Å². The number of halogens is 1. The summed E-state index contributed by atoms with van der Waals surface area (Å²) in [6.45, 7) is 2.11. The summed E-state index contributed by atoms with van der Waals surface area (Å²) in [5.74, 6) is 0.856. The van der Waals surface area contributed by atoms with Crippen LogP contribution in [0.3, 0.4) is 0 Å². The maximum atomic E-state index is 13.3. The molecule has 5 rings (SSSR count). The molecule has 6 nitrogen and oxygen atoms in total. The van der Waals surface area contributed by atoms with Crippen molar-refractivity contribution in [3.63, 3.8) is 0 Å². The topological polar surface area (TPSA) is 75.0 Å².